The quantitative estimate of drug-likeness (QED) is 0.913. The van der Waals surface area contributed by atoms with Crippen molar-refractivity contribution in [2.24, 2.45) is 0 Å². The van der Waals surface area contributed by atoms with E-state index in [2.05, 4.69) is 25.8 Å². The summed E-state index contributed by atoms with van der Waals surface area (Å²) in [6.45, 7) is 4.98. The first kappa shape index (κ1) is 15.4. The Morgan fingerprint density at radius 2 is 1.92 bits per heavy atom. The summed E-state index contributed by atoms with van der Waals surface area (Å²) >= 11 is 0. The van der Waals surface area contributed by atoms with E-state index in [1.165, 1.54) is 5.56 Å². The van der Waals surface area contributed by atoms with Crippen LogP contribution in [-0.4, -0.2) is 59.3 Å². The van der Waals surface area contributed by atoms with Crippen molar-refractivity contribution in [1.82, 2.24) is 14.9 Å². The largest absolute Gasteiger partial charge is 0.493 e. The van der Waals surface area contributed by atoms with E-state index in [9.17, 15) is 5.11 Å². The lowest BCUT2D eigenvalue weighted by Crippen LogP contribution is -2.48. The van der Waals surface area contributed by atoms with Crippen LogP contribution in [0.3, 0.4) is 0 Å². The van der Waals surface area contributed by atoms with Crippen LogP contribution in [0, 0.1) is 0 Å². The predicted octanol–water partition coefficient (Wildman–Crippen LogP) is 1.27. The number of rotatable bonds is 4. The molecule has 4 rings (SSSR count). The van der Waals surface area contributed by atoms with Gasteiger partial charge in [-0.3, -0.25) is 4.90 Å². The lowest BCUT2D eigenvalue weighted by atomic mass is 10.0. The van der Waals surface area contributed by atoms with Gasteiger partial charge in [-0.25, -0.2) is 9.97 Å². The topological polar surface area (TPSA) is 61.7 Å². The smallest absolute Gasteiger partial charge is 0.225 e. The number of fused-ring (bicyclic) bond motifs is 1. The zero-order chi connectivity index (χ0) is 16.4. The summed E-state index contributed by atoms with van der Waals surface area (Å²) < 4.78 is 5.53. The number of hydrogen-bond acceptors (Lipinski definition) is 6. The lowest BCUT2D eigenvalue weighted by molar-refractivity contribution is 0.109. The first-order valence-electron chi connectivity index (χ1n) is 8.47. The Kier molecular flexibility index (Phi) is 4.32. The second-order valence-corrected chi connectivity index (χ2v) is 6.32. The number of piperazine rings is 1. The van der Waals surface area contributed by atoms with Gasteiger partial charge in [-0.15, -0.1) is 0 Å². The minimum absolute atomic E-state index is 0.463. The number of aliphatic hydroxyl groups is 1. The third-order valence-electron chi connectivity index (χ3n) is 4.74. The molecule has 2 aliphatic rings. The zero-order valence-electron chi connectivity index (χ0n) is 13.6. The summed E-state index contributed by atoms with van der Waals surface area (Å²) in [7, 11) is 0. The first-order valence-corrected chi connectivity index (χ1v) is 8.47. The van der Waals surface area contributed by atoms with Crippen molar-refractivity contribution in [2.45, 2.75) is 12.5 Å². The van der Waals surface area contributed by atoms with Gasteiger partial charge in [0.25, 0.3) is 0 Å². The molecule has 1 aromatic carbocycles. The molecule has 0 unspecified atom stereocenters. The third-order valence-corrected chi connectivity index (χ3v) is 4.74. The number of anilines is 1. The number of nitrogens with zero attached hydrogens (tertiary/aromatic N) is 4. The van der Waals surface area contributed by atoms with E-state index in [-0.39, 0.29) is 0 Å². The van der Waals surface area contributed by atoms with Gasteiger partial charge < -0.3 is 14.7 Å². The molecular weight excluding hydrogens is 304 g/mol. The molecule has 1 N–H and O–H groups in total. The van der Waals surface area contributed by atoms with Crippen LogP contribution in [0.15, 0.2) is 36.7 Å². The molecule has 0 spiro atoms. The molecule has 0 saturated carbocycles. The molecule has 3 heterocycles. The van der Waals surface area contributed by atoms with E-state index < -0.39 is 6.10 Å². The number of hydrogen-bond donors (Lipinski definition) is 1. The Balaban J connectivity index is 1.33. The van der Waals surface area contributed by atoms with Gasteiger partial charge in [0.2, 0.25) is 5.95 Å². The van der Waals surface area contributed by atoms with Crippen molar-refractivity contribution < 1.29 is 9.84 Å². The average Bonchev–Trinajstić information content (AvgIpc) is 3.11. The Hall–Kier alpha value is -2.18. The molecule has 1 saturated heterocycles. The number of ether oxygens (including phenoxy) is 1. The van der Waals surface area contributed by atoms with Crippen LogP contribution in [0.5, 0.6) is 5.75 Å². The van der Waals surface area contributed by atoms with Crippen LogP contribution < -0.4 is 9.64 Å². The molecule has 126 valence electrons. The average molecular weight is 326 g/mol. The highest BCUT2D eigenvalue weighted by Crippen LogP contribution is 2.28. The SMILES string of the molecule is O[C@H](CN1CCN(c2ncccn2)CC1)c1ccc2c(c1)CCO2. The van der Waals surface area contributed by atoms with Gasteiger partial charge in [-0.2, -0.15) is 0 Å². The molecule has 24 heavy (non-hydrogen) atoms. The Labute approximate surface area is 141 Å². The van der Waals surface area contributed by atoms with Gasteiger partial charge in [0.05, 0.1) is 12.7 Å². The number of aliphatic hydroxyl groups excluding tert-OH is 1. The molecular formula is C18H22N4O2. The van der Waals surface area contributed by atoms with E-state index in [1.807, 2.05) is 18.2 Å². The molecule has 0 bridgehead atoms. The summed E-state index contributed by atoms with van der Waals surface area (Å²) in [4.78, 5) is 13.1. The van der Waals surface area contributed by atoms with Crippen molar-refractivity contribution in [3.05, 3.63) is 47.8 Å². The Morgan fingerprint density at radius 1 is 1.12 bits per heavy atom. The lowest BCUT2D eigenvalue weighted by Gasteiger charge is -2.35. The van der Waals surface area contributed by atoms with E-state index in [0.29, 0.717) is 6.54 Å². The predicted molar refractivity (Wildman–Crippen MR) is 91.3 cm³/mol. The Bertz CT molecular complexity index is 687. The normalized spacial score (nSPS) is 19.0. The van der Waals surface area contributed by atoms with E-state index in [4.69, 9.17) is 4.74 Å². The second kappa shape index (κ2) is 6.75. The molecule has 1 atom stereocenters. The fraction of sp³-hybridized carbons (Fsp3) is 0.444. The monoisotopic (exact) mass is 326 g/mol. The van der Waals surface area contributed by atoms with Crippen molar-refractivity contribution in [3.8, 4) is 5.75 Å². The molecule has 0 amide bonds. The van der Waals surface area contributed by atoms with Crippen LogP contribution >= 0.6 is 0 Å². The van der Waals surface area contributed by atoms with Crippen LogP contribution in [0.25, 0.3) is 0 Å². The molecule has 0 radical (unpaired) electrons. The highest BCUT2D eigenvalue weighted by Gasteiger charge is 2.22. The summed E-state index contributed by atoms with van der Waals surface area (Å²) in [6.07, 6.45) is 4.02. The molecule has 2 aromatic rings. The number of benzene rings is 1. The highest BCUT2D eigenvalue weighted by atomic mass is 16.5. The summed E-state index contributed by atoms with van der Waals surface area (Å²) in [5.74, 6) is 1.75. The van der Waals surface area contributed by atoms with Crippen LogP contribution in [-0.2, 0) is 6.42 Å². The summed E-state index contributed by atoms with van der Waals surface area (Å²) in [6, 6.07) is 7.87. The van der Waals surface area contributed by atoms with Crippen LogP contribution in [0.4, 0.5) is 5.95 Å². The van der Waals surface area contributed by atoms with Crippen molar-refractivity contribution in [3.63, 3.8) is 0 Å². The third kappa shape index (κ3) is 3.20. The van der Waals surface area contributed by atoms with Crippen LogP contribution in [0.1, 0.15) is 17.2 Å². The minimum atomic E-state index is -0.463. The number of aromatic nitrogens is 2. The molecule has 0 aliphatic carbocycles. The fourth-order valence-corrected chi connectivity index (χ4v) is 3.35. The standard InChI is InChI=1S/C18H22N4O2/c23-16(14-2-3-17-15(12-14)4-11-24-17)13-21-7-9-22(10-8-21)18-19-5-1-6-20-18/h1-3,5-6,12,16,23H,4,7-11,13H2/t16-/m1/s1. The summed E-state index contributed by atoms with van der Waals surface area (Å²) in [5.41, 5.74) is 2.19. The zero-order valence-corrected chi connectivity index (χ0v) is 13.6. The second-order valence-electron chi connectivity index (χ2n) is 6.32. The van der Waals surface area contributed by atoms with E-state index >= 15 is 0 Å². The van der Waals surface area contributed by atoms with Gasteiger partial charge in [-0.1, -0.05) is 6.07 Å². The van der Waals surface area contributed by atoms with Gasteiger partial charge in [0, 0.05) is 51.5 Å². The van der Waals surface area contributed by atoms with Crippen molar-refractivity contribution in [1.29, 1.82) is 0 Å². The van der Waals surface area contributed by atoms with E-state index in [0.717, 1.165) is 56.5 Å². The van der Waals surface area contributed by atoms with Gasteiger partial charge in [0.1, 0.15) is 5.75 Å². The molecule has 1 fully saturated rings. The number of β-amino-alcohol motifs (C(OH)–C–C–N with tert-alkyl or cyclic N) is 1. The van der Waals surface area contributed by atoms with E-state index in [1.54, 1.807) is 12.4 Å². The van der Waals surface area contributed by atoms with Gasteiger partial charge >= 0.3 is 0 Å². The van der Waals surface area contributed by atoms with Crippen molar-refractivity contribution in [2.75, 3.05) is 44.2 Å². The molecule has 1 aromatic heterocycles. The van der Waals surface area contributed by atoms with Crippen LogP contribution in [0.2, 0.25) is 0 Å². The van der Waals surface area contributed by atoms with Gasteiger partial charge in [0.15, 0.2) is 0 Å². The Morgan fingerprint density at radius 3 is 2.71 bits per heavy atom. The maximum absolute atomic E-state index is 10.6. The molecule has 6 nitrogen and oxygen atoms in total. The summed E-state index contributed by atoms with van der Waals surface area (Å²) in [5, 5.41) is 10.6. The maximum atomic E-state index is 10.6. The molecule has 6 heteroatoms. The minimum Gasteiger partial charge on any atom is -0.493 e. The first-order chi connectivity index (χ1) is 11.8. The maximum Gasteiger partial charge on any atom is 0.225 e. The molecule has 2 aliphatic heterocycles. The highest BCUT2D eigenvalue weighted by molar-refractivity contribution is 5.40. The fourth-order valence-electron chi connectivity index (χ4n) is 3.35. The van der Waals surface area contributed by atoms with Crippen molar-refractivity contribution >= 4 is 5.95 Å². The van der Waals surface area contributed by atoms with Gasteiger partial charge in [-0.05, 0) is 29.3 Å².